The lowest BCUT2D eigenvalue weighted by Crippen LogP contribution is -2.46. The van der Waals surface area contributed by atoms with Gasteiger partial charge in [-0.05, 0) is 74.6 Å². The number of aryl methyl sites for hydroxylation is 1. The second-order valence-electron chi connectivity index (χ2n) is 8.26. The number of nitrogens with one attached hydrogen (secondary N) is 1. The fourth-order valence-corrected chi connectivity index (χ4v) is 4.88. The van der Waals surface area contributed by atoms with Crippen molar-refractivity contribution in [1.29, 1.82) is 0 Å². The van der Waals surface area contributed by atoms with Crippen LogP contribution in [-0.4, -0.2) is 33.1 Å². The molecule has 3 aliphatic rings. The van der Waals surface area contributed by atoms with Crippen molar-refractivity contribution in [1.82, 2.24) is 15.1 Å². The zero-order chi connectivity index (χ0) is 17.8. The van der Waals surface area contributed by atoms with Crippen LogP contribution in [0, 0.1) is 12.7 Å². The molecule has 0 radical (unpaired) electrons. The van der Waals surface area contributed by atoms with Gasteiger partial charge in [0.2, 0.25) is 0 Å². The number of H-pyrrole nitrogens is 1. The summed E-state index contributed by atoms with van der Waals surface area (Å²) in [5, 5.41) is 7.34. The van der Waals surface area contributed by atoms with Gasteiger partial charge in [-0.1, -0.05) is 12.1 Å². The average molecular weight is 353 g/mol. The summed E-state index contributed by atoms with van der Waals surface area (Å²) in [7, 11) is 0. The van der Waals surface area contributed by atoms with Crippen molar-refractivity contribution in [3.8, 4) is 0 Å². The van der Waals surface area contributed by atoms with Gasteiger partial charge in [0.05, 0.1) is 0 Å². The number of nitrogens with zero attached hydrogens (tertiary/aromatic N) is 2. The molecule has 4 nitrogen and oxygen atoms in total. The first-order chi connectivity index (χ1) is 12.6. The molecule has 3 fully saturated rings. The molecule has 5 heteroatoms. The molecule has 1 amide bonds. The molecule has 2 aromatic rings. The number of aromatic amines is 1. The van der Waals surface area contributed by atoms with Crippen molar-refractivity contribution >= 4 is 5.91 Å². The van der Waals surface area contributed by atoms with E-state index in [1.165, 1.54) is 18.4 Å². The SMILES string of the molecule is Cc1cc(C2C[C@H]3CC[C@@H](C2)N3C(=O)c2cc(C3CC3)[nH]n2)ccc1F. The van der Waals surface area contributed by atoms with Gasteiger partial charge in [-0.2, -0.15) is 5.10 Å². The van der Waals surface area contributed by atoms with Crippen LogP contribution in [0.25, 0.3) is 0 Å². The van der Waals surface area contributed by atoms with Gasteiger partial charge in [-0.3, -0.25) is 9.89 Å². The smallest absolute Gasteiger partial charge is 0.274 e. The Kier molecular flexibility index (Phi) is 3.66. The third kappa shape index (κ3) is 2.65. The monoisotopic (exact) mass is 353 g/mol. The lowest BCUT2D eigenvalue weighted by atomic mass is 9.84. The number of benzene rings is 1. The van der Waals surface area contributed by atoms with Crippen molar-refractivity contribution in [2.75, 3.05) is 0 Å². The Morgan fingerprint density at radius 2 is 1.85 bits per heavy atom. The molecule has 1 N–H and O–H groups in total. The predicted molar refractivity (Wildman–Crippen MR) is 96.7 cm³/mol. The molecule has 136 valence electrons. The fourth-order valence-electron chi connectivity index (χ4n) is 4.88. The summed E-state index contributed by atoms with van der Waals surface area (Å²) < 4.78 is 13.6. The molecule has 1 aromatic heterocycles. The molecular formula is C21H24FN3O. The maximum Gasteiger partial charge on any atom is 0.274 e. The van der Waals surface area contributed by atoms with Crippen molar-refractivity contribution in [3.63, 3.8) is 0 Å². The Hall–Kier alpha value is -2.17. The molecule has 1 aromatic carbocycles. The number of aromatic nitrogens is 2. The highest BCUT2D eigenvalue weighted by molar-refractivity contribution is 5.93. The molecule has 0 spiro atoms. The normalized spacial score (nSPS) is 27.8. The van der Waals surface area contributed by atoms with Crippen LogP contribution < -0.4 is 0 Å². The van der Waals surface area contributed by atoms with E-state index in [9.17, 15) is 9.18 Å². The molecule has 2 aliphatic heterocycles. The van der Waals surface area contributed by atoms with E-state index in [0.717, 1.165) is 31.4 Å². The Bertz CT molecular complexity index is 843. The second-order valence-corrected chi connectivity index (χ2v) is 8.26. The zero-order valence-corrected chi connectivity index (χ0v) is 15.0. The van der Waals surface area contributed by atoms with Crippen LogP contribution in [0.3, 0.4) is 0 Å². The molecule has 2 bridgehead atoms. The Labute approximate surface area is 152 Å². The van der Waals surface area contributed by atoms with Crippen molar-refractivity contribution < 1.29 is 9.18 Å². The topological polar surface area (TPSA) is 49.0 Å². The van der Waals surface area contributed by atoms with Gasteiger partial charge in [0, 0.05) is 23.7 Å². The molecule has 2 saturated heterocycles. The molecule has 1 saturated carbocycles. The highest BCUT2D eigenvalue weighted by Gasteiger charge is 2.44. The minimum atomic E-state index is -0.144. The van der Waals surface area contributed by atoms with E-state index in [2.05, 4.69) is 15.1 Å². The van der Waals surface area contributed by atoms with Crippen molar-refractivity contribution in [2.45, 2.75) is 69.4 Å². The molecule has 5 rings (SSSR count). The van der Waals surface area contributed by atoms with Gasteiger partial charge < -0.3 is 4.90 Å². The van der Waals surface area contributed by atoms with E-state index in [1.807, 2.05) is 25.1 Å². The van der Waals surface area contributed by atoms with Crippen LogP contribution in [0.4, 0.5) is 4.39 Å². The second kappa shape index (κ2) is 5.93. The van der Waals surface area contributed by atoms with E-state index in [1.54, 1.807) is 6.07 Å². The van der Waals surface area contributed by atoms with Crippen molar-refractivity contribution in [3.05, 3.63) is 52.6 Å². The maximum absolute atomic E-state index is 13.6. The first-order valence-corrected chi connectivity index (χ1v) is 9.74. The average Bonchev–Trinajstić information content (AvgIpc) is 3.31. The van der Waals surface area contributed by atoms with Crippen LogP contribution in [0.2, 0.25) is 0 Å². The summed E-state index contributed by atoms with van der Waals surface area (Å²) >= 11 is 0. The minimum Gasteiger partial charge on any atom is -0.331 e. The zero-order valence-electron chi connectivity index (χ0n) is 15.0. The summed E-state index contributed by atoms with van der Waals surface area (Å²) in [6.45, 7) is 1.82. The Balaban J connectivity index is 1.35. The standard InChI is InChI=1S/C21H24FN3O/c1-12-8-14(4-7-18(12)22)15-9-16-5-6-17(10-15)25(16)21(26)20-11-19(23-24-20)13-2-3-13/h4,7-8,11,13,15-17H,2-3,5-6,9-10H2,1H3,(H,23,24)/t15?,16-,17+. The predicted octanol–water partition coefficient (Wildman–Crippen LogP) is 4.29. The van der Waals surface area contributed by atoms with Gasteiger partial charge in [0.1, 0.15) is 11.5 Å². The molecule has 1 aliphatic carbocycles. The largest absolute Gasteiger partial charge is 0.331 e. The fraction of sp³-hybridized carbons (Fsp3) is 0.524. The number of hydrogen-bond donors (Lipinski definition) is 1. The van der Waals surface area contributed by atoms with Crippen LogP contribution in [0.5, 0.6) is 0 Å². The molecule has 3 atom stereocenters. The quantitative estimate of drug-likeness (QED) is 0.895. The highest BCUT2D eigenvalue weighted by atomic mass is 19.1. The number of rotatable bonds is 3. The van der Waals surface area contributed by atoms with Crippen LogP contribution in [-0.2, 0) is 0 Å². The third-order valence-electron chi connectivity index (χ3n) is 6.45. The number of halogens is 1. The van der Waals surface area contributed by atoms with Gasteiger partial charge in [0.15, 0.2) is 0 Å². The summed E-state index contributed by atoms with van der Waals surface area (Å²) in [6, 6.07) is 7.98. The van der Waals surface area contributed by atoms with Crippen LogP contribution in [0.1, 0.15) is 77.7 Å². The van der Waals surface area contributed by atoms with E-state index >= 15 is 0 Å². The van der Waals surface area contributed by atoms with Gasteiger partial charge in [-0.25, -0.2) is 4.39 Å². The van der Waals surface area contributed by atoms with E-state index in [-0.39, 0.29) is 23.8 Å². The summed E-state index contributed by atoms with van der Waals surface area (Å²) in [6.07, 6.45) is 6.45. The number of fused-ring (bicyclic) bond motifs is 2. The third-order valence-corrected chi connectivity index (χ3v) is 6.45. The number of amides is 1. The van der Waals surface area contributed by atoms with Crippen LogP contribution >= 0.6 is 0 Å². The van der Waals surface area contributed by atoms with Crippen LogP contribution in [0.15, 0.2) is 24.3 Å². The van der Waals surface area contributed by atoms with Gasteiger partial charge in [0.25, 0.3) is 5.91 Å². The van der Waals surface area contributed by atoms with E-state index < -0.39 is 0 Å². The van der Waals surface area contributed by atoms with Gasteiger partial charge >= 0.3 is 0 Å². The first kappa shape index (κ1) is 16.0. The van der Waals surface area contributed by atoms with Gasteiger partial charge in [-0.15, -0.1) is 0 Å². The first-order valence-electron chi connectivity index (χ1n) is 9.74. The summed E-state index contributed by atoms with van der Waals surface area (Å²) in [4.78, 5) is 15.1. The number of carbonyl (C=O) groups excluding carboxylic acids is 1. The molecule has 26 heavy (non-hydrogen) atoms. The highest BCUT2D eigenvalue weighted by Crippen LogP contribution is 2.44. The molecular weight excluding hydrogens is 329 g/mol. The van der Waals surface area contributed by atoms with Crippen molar-refractivity contribution in [2.24, 2.45) is 0 Å². The Morgan fingerprint density at radius 1 is 1.12 bits per heavy atom. The minimum absolute atomic E-state index is 0.0781. The molecule has 1 unspecified atom stereocenters. The number of hydrogen-bond acceptors (Lipinski definition) is 2. The summed E-state index contributed by atoms with van der Waals surface area (Å²) in [5.41, 5.74) is 3.60. The Morgan fingerprint density at radius 3 is 2.50 bits per heavy atom. The number of carbonyl (C=O) groups is 1. The lowest BCUT2D eigenvalue weighted by Gasteiger charge is -2.39. The summed E-state index contributed by atoms with van der Waals surface area (Å²) in [5.74, 6) is 0.925. The molecule has 3 heterocycles. The van der Waals surface area contributed by atoms with E-state index in [4.69, 9.17) is 0 Å². The number of piperidine rings is 1. The maximum atomic E-state index is 13.6. The lowest BCUT2D eigenvalue weighted by molar-refractivity contribution is 0.0565. The van der Waals surface area contributed by atoms with E-state index in [0.29, 0.717) is 23.1 Å².